The molecule has 4 rings (SSSR count). The van der Waals surface area contributed by atoms with E-state index in [2.05, 4.69) is 0 Å². The lowest BCUT2D eigenvalue weighted by molar-refractivity contribution is -0.132. The van der Waals surface area contributed by atoms with Crippen LogP contribution in [0.25, 0.3) is 5.76 Å². The number of Topliss-reactive ketones (excluding diaryl/α,β-unsaturated/α-hetero) is 1. The number of aliphatic hydroxyl groups is 1. The summed E-state index contributed by atoms with van der Waals surface area (Å²) >= 11 is 0. The summed E-state index contributed by atoms with van der Waals surface area (Å²) in [4.78, 5) is 28.4. The smallest absolute Gasteiger partial charge is 0.300 e. The number of carbonyl (C=O) groups excluding carboxylic acids is 2. The molecule has 0 radical (unpaired) electrons. The third-order valence-corrected chi connectivity index (χ3v) is 6.50. The Kier molecular flexibility index (Phi) is 7.20. The van der Waals surface area contributed by atoms with Gasteiger partial charge in [-0.3, -0.25) is 14.5 Å². The van der Waals surface area contributed by atoms with Crippen LogP contribution in [0.1, 0.15) is 35.2 Å². The van der Waals surface area contributed by atoms with E-state index >= 15 is 0 Å². The highest BCUT2D eigenvalue weighted by Crippen LogP contribution is 2.46. The fourth-order valence-electron chi connectivity index (χ4n) is 4.53. The van der Waals surface area contributed by atoms with Crippen LogP contribution in [0.4, 0.5) is 10.1 Å². The highest BCUT2D eigenvalue weighted by molar-refractivity contribution is 6.51. The fraction of sp³-hybridized carbons (Fsp3) is 0.241. The zero-order valence-corrected chi connectivity index (χ0v) is 21.3. The number of benzene rings is 3. The van der Waals surface area contributed by atoms with Crippen molar-refractivity contribution in [3.63, 3.8) is 0 Å². The van der Waals surface area contributed by atoms with E-state index in [9.17, 15) is 19.1 Å². The molecular formula is C29H28FNO6. The standard InChI is InChI=1S/C29H28FNO6/c1-6-37-24-14-18(10-12-23(24)36-5)26-25(27(32)20-15-19(30)11-13-22(20)35-4)28(33)29(34)31(26)21-9-7-8-16(2)17(21)3/h7-15,26,32H,6H2,1-5H3/b27-25+. The molecule has 0 aliphatic carbocycles. The average Bonchev–Trinajstić information content (AvgIpc) is 3.15. The van der Waals surface area contributed by atoms with E-state index in [1.807, 2.05) is 26.8 Å². The van der Waals surface area contributed by atoms with Gasteiger partial charge in [-0.05, 0) is 73.9 Å². The second-order valence-electron chi connectivity index (χ2n) is 8.58. The van der Waals surface area contributed by atoms with Crippen molar-refractivity contribution in [3.8, 4) is 17.2 Å². The zero-order valence-electron chi connectivity index (χ0n) is 21.3. The van der Waals surface area contributed by atoms with Crippen molar-refractivity contribution < 1.29 is 33.3 Å². The SMILES string of the molecule is CCOc1cc(C2/C(=C(\O)c3cc(F)ccc3OC)C(=O)C(=O)N2c2cccc(C)c2C)ccc1OC. The van der Waals surface area contributed by atoms with Gasteiger partial charge in [-0.15, -0.1) is 0 Å². The lowest BCUT2D eigenvalue weighted by atomic mass is 9.94. The first-order chi connectivity index (χ1) is 17.7. The van der Waals surface area contributed by atoms with Gasteiger partial charge in [0.1, 0.15) is 17.3 Å². The van der Waals surface area contributed by atoms with Crippen molar-refractivity contribution in [2.75, 3.05) is 25.7 Å². The van der Waals surface area contributed by atoms with Gasteiger partial charge in [0.2, 0.25) is 0 Å². The van der Waals surface area contributed by atoms with Crippen LogP contribution in [0.5, 0.6) is 17.2 Å². The summed E-state index contributed by atoms with van der Waals surface area (Å²) in [5.74, 6) is -1.85. The third-order valence-electron chi connectivity index (χ3n) is 6.50. The van der Waals surface area contributed by atoms with Gasteiger partial charge in [-0.1, -0.05) is 18.2 Å². The van der Waals surface area contributed by atoms with Gasteiger partial charge >= 0.3 is 0 Å². The highest BCUT2D eigenvalue weighted by Gasteiger charge is 2.48. The maximum Gasteiger partial charge on any atom is 0.300 e. The van der Waals surface area contributed by atoms with Crippen LogP contribution in [-0.4, -0.2) is 37.6 Å². The Bertz CT molecular complexity index is 1410. The number of halogens is 1. The number of hydrogen-bond donors (Lipinski definition) is 1. The molecule has 1 amide bonds. The Labute approximate surface area is 214 Å². The topological polar surface area (TPSA) is 85.3 Å². The average molecular weight is 506 g/mol. The molecule has 0 saturated carbocycles. The zero-order chi connectivity index (χ0) is 26.9. The van der Waals surface area contributed by atoms with E-state index in [1.54, 1.807) is 30.3 Å². The molecule has 1 unspecified atom stereocenters. The van der Waals surface area contributed by atoms with Crippen molar-refractivity contribution >= 4 is 23.1 Å². The normalized spacial score (nSPS) is 16.7. The van der Waals surface area contributed by atoms with E-state index < -0.39 is 29.3 Å². The number of methoxy groups -OCH3 is 2. The number of hydrogen-bond acceptors (Lipinski definition) is 6. The predicted octanol–water partition coefficient (Wildman–Crippen LogP) is 5.48. The van der Waals surface area contributed by atoms with Crippen LogP contribution in [0.3, 0.4) is 0 Å². The summed E-state index contributed by atoms with van der Waals surface area (Å²) in [5, 5.41) is 11.4. The largest absolute Gasteiger partial charge is 0.507 e. The molecule has 1 atom stereocenters. The molecule has 1 N–H and O–H groups in total. The molecule has 0 spiro atoms. The molecule has 37 heavy (non-hydrogen) atoms. The van der Waals surface area contributed by atoms with Gasteiger partial charge in [-0.2, -0.15) is 0 Å². The molecule has 0 aromatic heterocycles. The third kappa shape index (κ3) is 4.50. The van der Waals surface area contributed by atoms with Gasteiger partial charge in [0.25, 0.3) is 11.7 Å². The van der Waals surface area contributed by atoms with E-state index in [-0.39, 0.29) is 16.9 Å². The molecule has 1 saturated heterocycles. The molecule has 1 heterocycles. The second kappa shape index (κ2) is 10.3. The summed E-state index contributed by atoms with van der Waals surface area (Å²) in [6.45, 7) is 5.95. The van der Waals surface area contributed by atoms with Crippen LogP contribution in [-0.2, 0) is 9.59 Å². The number of ether oxygens (including phenoxy) is 3. The minimum atomic E-state index is -1.03. The summed E-state index contributed by atoms with van der Waals surface area (Å²) in [7, 11) is 2.88. The Morgan fingerprint density at radius 3 is 2.35 bits per heavy atom. The molecule has 1 aliphatic heterocycles. The Morgan fingerprint density at radius 2 is 1.68 bits per heavy atom. The number of amides is 1. The molecule has 7 nitrogen and oxygen atoms in total. The van der Waals surface area contributed by atoms with Crippen LogP contribution >= 0.6 is 0 Å². The maximum atomic E-state index is 14.2. The molecule has 0 bridgehead atoms. The van der Waals surface area contributed by atoms with Crippen molar-refractivity contribution in [3.05, 3.63) is 88.2 Å². The fourth-order valence-corrected chi connectivity index (χ4v) is 4.53. The molecular weight excluding hydrogens is 477 g/mol. The minimum Gasteiger partial charge on any atom is -0.507 e. The molecule has 3 aromatic carbocycles. The maximum absolute atomic E-state index is 14.2. The first-order valence-electron chi connectivity index (χ1n) is 11.7. The van der Waals surface area contributed by atoms with Gasteiger partial charge in [0, 0.05) is 5.69 Å². The second-order valence-corrected chi connectivity index (χ2v) is 8.58. The van der Waals surface area contributed by atoms with Crippen molar-refractivity contribution in [1.82, 2.24) is 0 Å². The Balaban J connectivity index is 2.04. The number of carbonyl (C=O) groups is 2. The molecule has 1 fully saturated rings. The number of nitrogens with zero attached hydrogens (tertiary/aromatic N) is 1. The minimum absolute atomic E-state index is 0.0370. The lowest BCUT2D eigenvalue weighted by Crippen LogP contribution is -2.30. The summed E-state index contributed by atoms with van der Waals surface area (Å²) in [6, 6.07) is 13.1. The molecule has 192 valence electrons. The quantitative estimate of drug-likeness (QED) is 0.260. The summed E-state index contributed by atoms with van der Waals surface area (Å²) in [5.41, 5.74) is 2.52. The van der Waals surface area contributed by atoms with Gasteiger partial charge in [0.15, 0.2) is 11.5 Å². The van der Waals surface area contributed by atoms with Crippen molar-refractivity contribution in [2.24, 2.45) is 0 Å². The number of aryl methyl sites for hydroxylation is 1. The van der Waals surface area contributed by atoms with E-state index in [4.69, 9.17) is 14.2 Å². The first kappa shape index (κ1) is 25.8. The highest BCUT2D eigenvalue weighted by atomic mass is 19.1. The Morgan fingerprint density at radius 1 is 0.973 bits per heavy atom. The van der Waals surface area contributed by atoms with Crippen LogP contribution in [0.2, 0.25) is 0 Å². The first-order valence-corrected chi connectivity index (χ1v) is 11.7. The number of ketones is 1. The van der Waals surface area contributed by atoms with Crippen molar-refractivity contribution in [1.29, 1.82) is 0 Å². The summed E-state index contributed by atoms with van der Waals surface area (Å²) in [6.07, 6.45) is 0. The van der Waals surface area contributed by atoms with Crippen LogP contribution in [0.15, 0.2) is 60.2 Å². The number of rotatable bonds is 7. The van der Waals surface area contributed by atoms with E-state index in [0.717, 1.165) is 17.2 Å². The van der Waals surface area contributed by atoms with Crippen LogP contribution in [0, 0.1) is 19.7 Å². The summed E-state index contributed by atoms with van der Waals surface area (Å²) < 4.78 is 30.6. The van der Waals surface area contributed by atoms with Gasteiger partial charge in [-0.25, -0.2) is 4.39 Å². The molecule has 3 aromatic rings. The number of aliphatic hydroxyl groups excluding tert-OH is 1. The van der Waals surface area contributed by atoms with E-state index in [1.165, 1.54) is 31.3 Å². The molecule has 1 aliphatic rings. The van der Waals surface area contributed by atoms with Gasteiger partial charge < -0.3 is 19.3 Å². The Hall–Kier alpha value is -4.33. The van der Waals surface area contributed by atoms with E-state index in [0.29, 0.717) is 29.4 Å². The molecule has 8 heteroatoms. The lowest BCUT2D eigenvalue weighted by Gasteiger charge is -2.28. The monoisotopic (exact) mass is 505 g/mol. The van der Waals surface area contributed by atoms with Crippen LogP contribution < -0.4 is 19.1 Å². The number of anilines is 1. The predicted molar refractivity (Wildman–Crippen MR) is 138 cm³/mol. The van der Waals surface area contributed by atoms with Crippen molar-refractivity contribution in [2.45, 2.75) is 26.8 Å². The van der Waals surface area contributed by atoms with Gasteiger partial charge in [0.05, 0.1) is 38.0 Å².